The van der Waals surface area contributed by atoms with Crippen LogP contribution >= 0.6 is 22.7 Å². The minimum atomic E-state index is 0.596. The molecule has 1 unspecified atom stereocenters. The van der Waals surface area contributed by atoms with Crippen LogP contribution in [0.2, 0.25) is 0 Å². The van der Waals surface area contributed by atoms with Crippen molar-refractivity contribution in [2.45, 2.75) is 6.42 Å². The third-order valence-electron chi connectivity index (χ3n) is 11.1. The Kier molecular flexibility index (Phi) is 7.06. The Bertz CT molecular complexity index is 3260. The van der Waals surface area contributed by atoms with Crippen molar-refractivity contribution >= 4 is 70.5 Å². The SMILES string of the molecule is C1=CC2C[C@H]2C=C1c1nc(-c2ccccc2)nc(-c2ccc3sc(-c4cccc(-c5ccc6c(c5)c5ccccc5n6-c5ccc6scnc6c5)c4)nc3c2)n1. The summed E-state index contributed by atoms with van der Waals surface area (Å²) >= 11 is 3.38. The van der Waals surface area contributed by atoms with E-state index in [0.29, 0.717) is 29.3 Å². The van der Waals surface area contributed by atoms with Gasteiger partial charge in [0.2, 0.25) is 0 Å². The molecule has 56 heavy (non-hydrogen) atoms. The van der Waals surface area contributed by atoms with Gasteiger partial charge in [0.1, 0.15) is 5.01 Å². The van der Waals surface area contributed by atoms with Gasteiger partial charge in [-0.05, 0) is 90.0 Å². The normalized spacial score (nSPS) is 16.2. The van der Waals surface area contributed by atoms with Crippen molar-refractivity contribution in [2.24, 2.45) is 11.8 Å². The first-order valence-electron chi connectivity index (χ1n) is 18.8. The summed E-state index contributed by atoms with van der Waals surface area (Å²) in [7, 11) is 0. The van der Waals surface area contributed by atoms with Gasteiger partial charge < -0.3 is 4.57 Å². The fourth-order valence-electron chi connectivity index (χ4n) is 8.10. The molecule has 2 aliphatic carbocycles. The molecular weight excluding hydrogens is 725 g/mol. The standard InChI is InChI=1S/C48H30N6S2/c1-2-7-28(8-3-1)45-51-46(32-14-13-30-22-35(30)23-32)53-47(52-45)33-16-19-44-40(25-33)50-48(56-44)34-10-6-9-29(21-34)31-15-18-42-38(24-31)37-11-4-5-12-41(37)54(42)36-17-20-43-39(26-36)49-27-55-43/h1-21,23-27,30,35H,22H2/t30?,35-/m0/s1. The first-order chi connectivity index (χ1) is 27.7. The van der Waals surface area contributed by atoms with Crippen LogP contribution in [0.15, 0.2) is 157 Å². The van der Waals surface area contributed by atoms with E-state index < -0.39 is 0 Å². The van der Waals surface area contributed by atoms with Crippen LogP contribution in [0.4, 0.5) is 0 Å². The van der Waals surface area contributed by atoms with E-state index in [2.05, 4.69) is 143 Å². The molecule has 0 amide bonds. The summed E-state index contributed by atoms with van der Waals surface area (Å²) in [6, 6.07) is 47.3. The van der Waals surface area contributed by atoms with Gasteiger partial charge >= 0.3 is 0 Å². The third-order valence-corrected chi connectivity index (χ3v) is 13.0. The molecule has 2 atom stereocenters. The molecule has 8 heteroatoms. The second kappa shape index (κ2) is 12.5. The van der Waals surface area contributed by atoms with Crippen LogP contribution in [0.3, 0.4) is 0 Å². The fraction of sp³-hybridized carbons (Fsp3) is 0.0625. The molecule has 6 nitrogen and oxygen atoms in total. The zero-order valence-corrected chi connectivity index (χ0v) is 31.5. The fourth-order valence-corrected chi connectivity index (χ4v) is 9.70. The molecule has 0 aliphatic heterocycles. The Morgan fingerprint density at radius 1 is 0.536 bits per heavy atom. The van der Waals surface area contributed by atoms with Crippen molar-refractivity contribution in [2.75, 3.05) is 0 Å². The van der Waals surface area contributed by atoms with Crippen molar-refractivity contribution in [1.29, 1.82) is 0 Å². The number of benzene rings is 6. The Hall–Kier alpha value is -6.61. The Balaban J connectivity index is 0.911. The largest absolute Gasteiger partial charge is 0.309 e. The first-order valence-corrected chi connectivity index (χ1v) is 20.5. The molecule has 4 aromatic heterocycles. The molecule has 0 radical (unpaired) electrons. The summed E-state index contributed by atoms with van der Waals surface area (Å²) in [5, 5.41) is 3.43. The van der Waals surface area contributed by atoms with Crippen LogP contribution in [0, 0.1) is 11.8 Å². The number of para-hydroxylation sites is 1. The van der Waals surface area contributed by atoms with Crippen molar-refractivity contribution in [3.63, 3.8) is 0 Å². The summed E-state index contributed by atoms with van der Waals surface area (Å²) in [6.45, 7) is 0. The number of fused-ring (bicyclic) bond motifs is 6. The molecule has 10 aromatic rings. The van der Waals surface area contributed by atoms with Gasteiger partial charge in [-0.1, -0.05) is 91.0 Å². The lowest BCUT2D eigenvalue weighted by atomic mass is 10.0. The molecule has 0 bridgehead atoms. The van der Waals surface area contributed by atoms with Gasteiger partial charge in [0.05, 0.1) is 37.0 Å². The van der Waals surface area contributed by atoms with E-state index in [1.807, 2.05) is 23.7 Å². The van der Waals surface area contributed by atoms with Crippen molar-refractivity contribution < 1.29 is 0 Å². The summed E-state index contributed by atoms with van der Waals surface area (Å²) < 4.78 is 4.67. The maximum Gasteiger partial charge on any atom is 0.164 e. The molecule has 4 heterocycles. The van der Waals surface area contributed by atoms with E-state index in [9.17, 15) is 0 Å². The highest BCUT2D eigenvalue weighted by molar-refractivity contribution is 7.21. The molecule has 0 saturated heterocycles. The second-order valence-electron chi connectivity index (χ2n) is 14.6. The summed E-state index contributed by atoms with van der Waals surface area (Å²) in [4.78, 5) is 24.7. The summed E-state index contributed by atoms with van der Waals surface area (Å²) in [5.41, 5.74) is 13.7. The Labute approximate surface area is 329 Å². The van der Waals surface area contributed by atoms with Crippen LogP contribution < -0.4 is 0 Å². The average Bonchev–Trinajstić information content (AvgIpc) is 3.52. The maximum atomic E-state index is 5.17. The van der Waals surface area contributed by atoms with Crippen molar-refractivity contribution in [3.8, 4) is 50.2 Å². The van der Waals surface area contributed by atoms with Gasteiger partial charge in [-0.15, -0.1) is 22.7 Å². The second-order valence-corrected chi connectivity index (χ2v) is 16.5. The predicted molar refractivity (Wildman–Crippen MR) is 231 cm³/mol. The van der Waals surface area contributed by atoms with Crippen LogP contribution in [-0.4, -0.2) is 29.5 Å². The molecule has 6 aromatic carbocycles. The monoisotopic (exact) mass is 754 g/mol. The summed E-state index contributed by atoms with van der Waals surface area (Å²) in [5.74, 6) is 3.31. The molecule has 0 N–H and O–H groups in total. The number of hydrogen-bond donors (Lipinski definition) is 0. The smallest absolute Gasteiger partial charge is 0.164 e. The molecule has 2 aliphatic rings. The number of aromatic nitrogens is 6. The van der Waals surface area contributed by atoms with Gasteiger partial charge in [-0.25, -0.2) is 24.9 Å². The minimum absolute atomic E-state index is 0.596. The highest BCUT2D eigenvalue weighted by atomic mass is 32.1. The number of rotatable bonds is 6. The van der Waals surface area contributed by atoms with E-state index in [-0.39, 0.29) is 0 Å². The van der Waals surface area contributed by atoms with Crippen LogP contribution in [0.1, 0.15) is 12.2 Å². The zero-order chi connectivity index (χ0) is 36.7. The van der Waals surface area contributed by atoms with Crippen molar-refractivity contribution in [3.05, 3.63) is 163 Å². The highest BCUT2D eigenvalue weighted by Crippen LogP contribution is 2.46. The van der Waals surface area contributed by atoms with Gasteiger partial charge in [0.15, 0.2) is 17.5 Å². The van der Waals surface area contributed by atoms with E-state index in [1.165, 1.54) is 38.5 Å². The lowest BCUT2D eigenvalue weighted by molar-refractivity contribution is 0.970. The summed E-state index contributed by atoms with van der Waals surface area (Å²) in [6.07, 6.45) is 8.00. The van der Waals surface area contributed by atoms with E-state index in [0.717, 1.165) is 54.3 Å². The zero-order valence-electron chi connectivity index (χ0n) is 29.9. The Morgan fingerprint density at radius 3 is 2.23 bits per heavy atom. The molecule has 264 valence electrons. The first kappa shape index (κ1) is 31.7. The van der Waals surface area contributed by atoms with E-state index in [1.54, 1.807) is 22.7 Å². The number of hydrogen-bond acceptors (Lipinski definition) is 7. The topological polar surface area (TPSA) is 69.4 Å². The van der Waals surface area contributed by atoms with E-state index >= 15 is 0 Å². The quantitative estimate of drug-likeness (QED) is 0.169. The van der Waals surface area contributed by atoms with Gasteiger partial charge in [0.25, 0.3) is 0 Å². The lowest BCUT2D eigenvalue weighted by Gasteiger charge is -2.10. The third kappa shape index (κ3) is 5.33. The lowest BCUT2D eigenvalue weighted by Crippen LogP contribution is -2.03. The Morgan fingerprint density at radius 2 is 1.30 bits per heavy atom. The molecule has 1 fully saturated rings. The van der Waals surface area contributed by atoms with Gasteiger partial charge in [0, 0.05) is 38.7 Å². The number of thiazole rings is 2. The molecule has 1 saturated carbocycles. The predicted octanol–water partition coefficient (Wildman–Crippen LogP) is 12.4. The minimum Gasteiger partial charge on any atom is -0.309 e. The highest BCUT2D eigenvalue weighted by Gasteiger charge is 2.35. The van der Waals surface area contributed by atoms with E-state index in [4.69, 9.17) is 19.9 Å². The molecule has 0 spiro atoms. The van der Waals surface area contributed by atoms with Crippen LogP contribution in [-0.2, 0) is 0 Å². The van der Waals surface area contributed by atoms with Gasteiger partial charge in [-0.3, -0.25) is 0 Å². The number of allylic oxidation sites excluding steroid dienone is 4. The van der Waals surface area contributed by atoms with Gasteiger partial charge in [-0.2, -0.15) is 0 Å². The van der Waals surface area contributed by atoms with Crippen LogP contribution in [0.5, 0.6) is 0 Å². The molecular formula is C48H30N6S2. The van der Waals surface area contributed by atoms with Crippen molar-refractivity contribution in [1.82, 2.24) is 29.5 Å². The number of nitrogens with zero attached hydrogens (tertiary/aromatic N) is 6. The maximum absolute atomic E-state index is 5.17. The van der Waals surface area contributed by atoms with Crippen LogP contribution in [0.25, 0.3) is 98.0 Å². The molecule has 12 rings (SSSR count). The average molecular weight is 755 g/mol.